The van der Waals surface area contributed by atoms with Gasteiger partial charge in [-0.05, 0) is 13.8 Å². The number of aromatic nitrogens is 1. The van der Waals surface area contributed by atoms with Crippen LogP contribution >= 0.6 is 11.3 Å². The molecule has 1 rings (SSSR count). The SMILES string of the molecule is CC(C)ONCc1cncs1. The molecule has 1 aromatic heterocycles. The lowest BCUT2D eigenvalue weighted by molar-refractivity contribution is -0.00840. The van der Waals surface area contributed by atoms with Crippen molar-refractivity contribution in [2.24, 2.45) is 0 Å². The summed E-state index contributed by atoms with van der Waals surface area (Å²) in [5.41, 5.74) is 4.67. The molecule has 4 heteroatoms. The summed E-state index contributed by atoms with van der Waals surface area (Å²) in [7, 11) is 0. The molecule has 0 unspecified atom stereocenters. The lowest BCUT2D eigenvalue weighted by atomic mass is 10.5. The van der Waals surface area contributed by atoms with Crippen LogP contribution in [0.2, 0.25) is 0 Å². The van der Waals surface area contributed by atoms with E-state index in [2.05, 4.69) is 10.5 Å². The average Bonchev–Trinajstić information content (AvgIpc) is 2.39. The van der Waals surface area contributed by atoms with Gasteiger partial charge in [-0.1, -0.05) is 0 Å². The van der Waals surface area contributed by atoms with Crippen molar-refractivity contribution in [2.75, 3.05) is 0 Å². The van der Waals surface area contributed by atoms with Crippen LogP contribution in [0.4, 0.5) is 0 Å². The zero-order chi connectivity index (χ0) is 8.10. The number of hydrogen-bond donors (Lipinski definition) is 1. The zero-order valence-corrected chi connectivity index (χ0v) is 7.52. The van der Waals surface area contributed by atoms with E-state index in [1.165, 1.54) is 4.88 Å². The maximum absolute atomic E-state index is 5.14. The van der Waals surface area contributed by atoms with E-state index >= 15 is 0 Å². The van der Waals surface area contributed by atoms with Gasteiger partial charge >= 0.3 is 0 Å². The summed E-state index contributed by atoms with van der Waals surface area (Å²) < 4.78 is 0. The monoisotopic (exact) mass is 172 g/mol. The third kappa shape index (κ3) is 3.46. The molecule has 0 fully saturated rings. The van der Waals surface area contributed by atoms with Gasteiger partial charge in [0, 0.05) is 11.1 Å². The summed E-state index contributed by atoms with van der Waals surface area (Å²) in [4.78, 5) is 10.3. The number of hydrogen-bond acceptors (Lipinski definition) is 4. The van der Waals surface area contributed by atoms with Gasteiger partial charge < -0.3 is 0 Å². The number of hydroxylamine groups is 1. The first-order valence-corrected chi connectivity index (χ1v) is 4.43. The van der Waals surface area contributed by atoms with Gasteiger partial charge in [-0.25, -0.2) is 0 Å². The minimum absolute atomic E-state index is 0.225. The second-order valence-electron chi connectivity index (χ2n) is 2.46. The van der Waals surface area contributed by atoms with Crippen LogP contribution in [0.5, 0.6) is 0 Å². The highest BCUT2D eigenvalue weighted by molar-refractivity contribution is 7.09. The van der Waals surface area contributed by atoms with Crippen molar-refractivity contribution in [3.8, 4) is 0 Å². The minimum atomic E-state index is 0.225. The summed E-state index contributed by atoms with van der Waals surface area (Å²) in [5, 5.41) is 0. The molecule has 0 bridgehead atoms. The highest BCUT2D eigenvalue weighted by Gasteiger charge is 1.94. The largest absolute Gasteiger partial charge is 0.299 e. The fourth-order valence-corrected chi connectivity index (χ4v) is 1.13. The molecule has 0 saturated carbocycles. The van der Waals surface area contributed by atoms with Crippen molar-refractivity contribution in [1.82, 2.24) is 10.5 Å². The highest BCUT2D eigenvalue weighted by Crippen LogP contribution is 2.03. The Morgan fingerprint density at radius 1 is 1.73 bits per heavy atom. The van der Waals surface area contributed by atoms with E-state index in [-0.39, 0.29) is 6.10 Å². The number of thiazole rings is 1. The molecule has 0 amide bonds. The lowest BCUT2D eigenvalue weighted by Gasteiger charge is -2.06. The highest BCUT2D eigenvalue weighted by atomic mass is 32.1. The van der Waals surface area contributed by atoms with Crippen molar-refractivity contribution < 1.29 is 4.84 Å². The van der Waals surface area contributed by atoms with Crippen LogP contribution in [0.3, 0.4) is 0 Å². The van der Waals surface area contributed by atoms with E-state index in [1.54, 1.807) is 11.3 Å². The molecule has 3 nitrogen and oxygen atoms in total. The minimum Gasteiger partial charge on any atom is -0.299 e. The average molecular weight is 172 g/mol. The molecule has 62 valence electrons. The Bertz CT molecular complexity index is 186. The van der Waals surface area contributed by atoms with E-state index in [0.29, 0.717) is 0 Å². The standard InChI is InChI=1S/C7H12N2OS/c1-6(2)10-9-4-7-3-8-5-11-7/h3,5-6,9H,4H2,1-2H3. The molecule has 11 heavy (non-hydrogen) atoms. The predicted molar refractivity (Wildman–Crippen MR) is 45.2 cm³/mol. The van der Waals surface area contributed by atoms with E-state index in [4.69, 9.17) is 4.84 Å². The molecule has 0 aromatic carbocycles. The van der Waals surface area contributed by atoms with E-state index < -0.39 is 0 Å². The third-order valence-electron chi connectivity index (χ3n) is 1.05. The molecule has 0 aliphatic carbocycles. The molecule has 0 spiro atoms. The molecule has 1 aromatic rings. The predicted octanol–water partition coefficient (Wildman–Crippen LogP) is 1.57. The molecular weight excluding hydrogens is 160 g/mol. The van der Waals surface area contributed by atoms with Gasteiger partial charge in [0.2, 0.25) is 0 Å². The fraction of sp³-hybridized carbons (Fsp3) is 0.571. The Hall–Kier alpha value is -0.450. The van der Waals surface area contributed by atoms with E-state index in [9.17, 15) is 0 Å². The van der Waals surface area contributed by atoms with Crippen molar-refractivity contribution >= 4 is 11.3 Å². The summed E-state index contributed by atoms with van der Waals surface area (Å²) >= 11 is 1.62. The van der Waals surface area contributed by atoms with Crippen molar-refractivity contribution in [1.29, 1.82) is 0 Å². The molecule has 0 atom stereocenters. The third-order valence-corrected chi connectivity index (χ3v) is 1.83. The normalized spacial score (nSPS) is 10.8. The Balaban J connectivity index is 2.14. The topological polar surface area (TPSA) is 34.1 Å². The Kier molecular flexibility index (Phi) is 3.48. The first kappa shape index (κ1) is 8.64. The first-order chi connectivity index (χ1) is 5.29. The Labute approximate surface area is 70.4 Å². The summed E-state index contributed by atoms with van der Waals surface area (Å²) in [6.07, 6.45) is 2.06. The quantitative estimate of drug-likeness (QED) is 0.700. The van der Waals surface area contributed by atoms with Gasteiger partial charge in [0.25, 0.3) is 0 Å². The number of nitrogens with one attached hydrogen (secondary N) is 1. The summed E-state index contributed by atoms with van der Waals surface area (Å²) in [5.74, 6) is 0. The van der Waals surface area contributed by atoms with Crippen LogP contribution in [0, 0.1) is 0 Å². The van der Waals surface area contributed by atoms with Crippen molar-refractivity contribution in [3.63, 3.8) is 0 Å². The smallest absolute Gasteiger partial charge is 0.0794 e. The second kappa shape index (κ2) is 4.43. The molecule has 0 saturated heterocycles. The lowest BCUT2D eigenvalue weighted by Crippen LogP contribution is -2.18. The van der Waals surface area contributed by atoms with Crippen LogP contribution < -0.4 is 5.48 Å². The van der Waals surface area contributed by atoms with E-state index in [1.807, 2.05) is 25.6 Å². The Morgan fingerprint density at radius 3 is 3.09 bits per heavy atom. The summed E-state index contributed by atoms with van der Waals surface area (Å²) in [6, 6.07) is 0. The first-order valence-electron chi connectivity index (χ1n) is 3.55. The molecule has 1 heterocycles. The number of nitrogens with zero attached hydrogens (tertiary/aromatic N) is 1. The molecule has 1 N–H and O–H groups in total. The van der Waals surface area contributed by atoms with Crippen LogP contribution in [-0.2, 0) is 11.4 Å². The molecular formula is C7H12N2OS. The van der Waals surface area contributed by atoms with Gasteiger partial charge in [-0.15, -0.1) is 11.3 Å². The number of rotatable bonds is 4. The maximum atomic E-state index is 5.14. The van der Waals surface area contributed by atoms with Crippen LogP contribution in [0.1, 0.15) is 18.7 Å². The van der Waals surface area contributed by atoms with E-state index in [0.717, 1.165) is 6.54 Å². The van der Waals surface area contributed by atoms with Crippen molar-refractivity contribution in [3.05, 3.63) is 16.6 Å². The van der Waals surface area contributed by atoms with Crippen LogP contribution in [0.25, 0.3) is 0 Å². The van der Waals surface area contributed by atoms with Gasteiger partial charge in [0.15, 0.2) is 0 Å². The van der Waals surface area contributed by atoms with Gasteiger partial charge in [-0.2, -0.15) is 5.48 Å². The van der Waals surface area contributed by atoms with Gasteiger partial charge in [0.1, 0.15) is 0 Å². The summed E-state index contributed by atoms with van der Waals surface area (Å²) in [6.45, 7) is 4.71. The fourth-order valence-electron chi connectivity index (χ4n) is 0.609. The molecule has 0 aliphatic heterocycles. The van der Waals surface area contributed by atoms with Gasteiger partial charge in [-0.3, -0.25) is 9.82 Å². The van der Waals surface area contributed by atoms with Gasteiger partial charge in [0.05, 0.1) is 18.2 Å². The van der Waals surface area contributed by atoms with Crippen LogP contribution in [-0.4, -0.2) is 11.1 Å². The Morgan fingerprint density at radius 2 is 2.55 bits per heavy atom. The van der Waals surface area contributed by atoms with Crippen molar-refractivity contribution in [2.45, 2.75) is 26.5 Å². The molecule has 0 aliphatic rings. The second-order valence-corrected chi connectivity index (χ2v) is 3.43. The maximum Gasteiger partial charge on any atom is 0.0794 e. The zero-order valence-electron chi connectivity index (χ0n) is 6.70. The van der Waals surface area contributed by atoms with Crippen LogP contribution in [0.15, 0.2) is 11.7 Å². The molecule has 0 radical (unpaired) electrons.